The van der Waals surface area contributed by atoms with Gasteiger partial charge in [-0.1, -0.05) is 17.3 Å². The number of anilines is 1. The van der Waals surface area contributed by atoms with Crippen LogP contribution >= 0.6 is 0 Å². The van der Waals surface area contributed by atoms with E-state index >= 15 is 0 Å². The van der Waals surface area contributed by atoms with Gasteiger partial charge in [-0.25, -0.2) is 4.79 Å². The number of ether oxygens (including phenoxy) is 1. The summed E-state index contributed by atoms with van der Waals surface area (Å²) in [5.74, 6) is 0.834. The molecular weight excluding hydrogens is 360 g/mol. The number of H-pyrrole nitrogens is 1. The highest BCUT2D eigenvalue weighted by atomic mass is 16.5. The molecule has 3 rings (SSSR count). The molecule has 8 nitrogen and oxygen atoms in total. The number of carbonyl (C=O) groups excluding carboxylic acids is 1. The highest BCUT2D eigenvalue weighted by Crippen LogP contribution is 2.32. The van der Waals surface area contributed by atoms with Crippen LogP contribution in [0.4, 0.5) is 5.88 Å². The summed E-state index contributed by atoms with van der Waals surface area (Å²) in [6.45, 7) is 5.37. The van der Waals surface area contributed by atoms with E-state index in [1.807, 2.05) is 31.2 Å². The number of aromatic amines is 1. The highest BCUT2D eigenvalue weighted by molar-refractivity contribution is 5.94. The lowest BCUT2D eigenvalue weighted by Crippen LogP contribution is -2.18. The van der Waals surface area contributed by atoms with Crippen molar-refractivity contribution in [3.05, 3.63) is 57.4 Å². The molecule has 2 N–H and O–H groups in total. The van der Waals surface area contributed by atoms with Crippen LogP contribution in [0.25, 0.3) is 11.1 Å². The number of nitrogens with one attached hydrogen (secondary N) is 2. The van der Waals surface area contributed by atoms with E-state index in [4.69, 9.17) is 9.26 Å². The van der Waals surface area contributed by atoms with Gasteiger partial charge in [-0.15, -0.1) is 0 Å². The van der Waals surface area contributed by atoms with E-state index < -0.39 is 0 Å². The first-order valence-corrected chi connectivity index (χ1v) is 8.86. The maximum absolute atomic E-state index is 12.5. The van der Waals surface area contributed by atoms with Crippen LogP contribution in [0.5, 0.6) is 5.75 Å². The lowest BCUT2D eigenvalue weighted by molar-refractivity contribution is -0.116. The van der Waals surface area contributed by atoms with Crippen LogP contribution < -0.4 is 15.7 Å². The van der Waals surface area contributed by atoms with Crippen molar-refractivity contribution in [1.82, 2.24) is 15.1 Å². The zero-order valence-corrected chi connectivity index (χ0v) is 16.3. The first-order chi connectivity index (χ1) is 13.4. The normalized spacial score (nSPS) is 10.7. The zero-order valence-electron chi connectivity index (χ0n) is 16.3. The number of nitrogens with zero attached hydrogens (tertiary/aromatic N) is 2. The van der Waals surface area contributed by atoms with E-state index in [9.17, 15) is 9.59 Å². The van der Waals surface area contributed by atoms with Gasteiger partial charge in [0.1, 0.15) is 5.75 Å². The van der Waals surface area contributed by atoms with Crippen molar-refractivity contribution in [3.8, 4) is 16.9 Å². The number of amides is 1. The van der Waals surface area contributed by atoms with E-state index in [1.165, 1.54) is 0 Å². The molecule has 0 unspecified atom stereocenters. The summed E-state index contributed by atoms with van der Waals surface area (Å²) in [5.41, 5.74) is 4.10. The predicted molar refractivity (Wildman–Crippen MR) is 105 cm³/mol. The fourth-order valence-corrected chi connectivity index (χ4v) is 3.10. The average Bonchev–Trinajstić information content (AvgIpc) is 3.01. The molecule has 8 heteroatoms. The monoisotopic (exact) mass is 382 g/mol. The largest absolute Gasteiger partial charge is 0.497 e. The van der Waals surface area contributed by atoms with Gasteiger partial charge in [0.05, 0.1) is 18.4 Å². The van der Waals surface area contributed by atoms with Crippen molar-refractivity contribution in [2.24, 2.45) is 0 Å². The predicted octanol–water partition coefficient (Wildman–Crippen LogP) is 2.93. The second-order valence-corrected chi connectivity index (χ2v) is 6.48. The molecule has 0 saturated carbocycles. The summed E-state index contributed by atoms with van der Waals surface area (Å²) in [5, 5.41) is 6.76. The molecule has 3 aromatic rings. The molecule has 0 atom stereocenters. The van der Waals surface area contributed by atoms with Crippen LogP contribution in [-0.4, -0.2) is 28.1 Å². The molecular formula is C20H22N4O4. The molecule has 2 heterocycles. The van der Waals surface area contributed by atoms with Crippen molar-refractivity contribution in [2.75, 3.05) is 12.4 Å². The molecule has 28 heavy (non-hydrogen) atoms. The molecule has 2 aromatic heterocycles. The summed E-state index contributed by atoms with van der Waals surface area (Å²) in [4.78, 5) is 30.4. The van der Waals surface area contributed by atoms with Gasteiger partial charge in [-0.05, 0) is 50.5 Å². The summed E-state index contributed by atoms with van der Waals surface area (Å²) >= 11 is 0. The second-order valence-electron chi connectivity index (χ2n) is 6.48. The van der Waals surface area contributed by atoms with Gasteiger partial charge >= 0.3 is 5.69 Å². The topological polar surface area (TPSA) is 110 Å². The number of hydrogen-bond acceptors (Lipinski definition) is 6. The van der Waals surface area contributed by atoms with Gasteiger partial charge < -0.3 is 14.2 Å². The second kappa shape index (κ2) is 8.08. The number of methoxy groups -OCH3 is 1. The molecule has 0 bridgehead atoms. The Balaban J connectivity index is 1.74. The van der Waals surface area contributed by atoms with Crippen molar-refractivity contribution in [1.29, 1.82) is 0 Å². The van der Waals surface area contributed by atoms with Gasteiger partial charge in [-0.2, -0.15) is 4.98 Å². The van der Waals surface area contributed by atoms with Crippen molar-refractivity contribution < 1.29 is 14.1 Å². The zero-order chi connectivity index (χ0) is 20.3. The van der Waals surface area contributed by atoms with E-state index in [-0.39, 0.29) is 18.0 Å². The van der Waals surface area contributed by atoms with Crippen molar-refractivity contribution >= 4 is 11.8 Å². The van der Waals surface area contributed by atoms with Gasteiger partial charge in [0.2, 0.25) is 11.8 Å². The number of hydrogen-bond donors (Lipinski definition) is 2. The van der Waals surface area contributed by atoms with E-state index in [2.05, 4.69) is 20.4 Å². The third kappa shape index (κ3) is 4.11. The fraction of sp³-hybridized carbons (Fsp3) is 0.300. The Morgan fingerprint density at radius 1 is 1.18 bits per heavy atom. The minimum Gasteiger partial charge on any atom is -0.497 e. The van der Waals surface area contributed by atoms with Gasteiger partial charge in [0.25, 0.3) is 0 Å². The van der Waals surface area contributed by atoms with Gasteiger partial charge in [0.15, 0.2) is 0 Å². The summed E-state index contributed by atoms with van der Waals surface area (Å²) in [6, 6.07) is 7.43. The van der Waals surface area contributed by atoms with Crippen LogP contribution in [0.3, 0.4) is 0 Å². The molecule has 0 spiro atoms. The molecule has 0 radical (unpaired) electrons. The lowest BCUT2D eigenvalue weighted by atomic mass is 10.1. The van der Waals surface area contributed by atoms with Crippen LogP contribution in [0.2, 0.25) is 0 Å². The van der Waals surface area contributed by atoms with Crippen molar-refractivity contribution in [2.45, 2.75) is 33.6 Å². The molecule has 0 saturated heterocycles. The van der Waals surface area contributed by atoms with Crippen LogP contribution in [0.15, 0.2) is 33.6 Å². The molecule has 0 fully saturated rings. The molecule has 0 aliphatic heterocycles. The van der Waals surface area contributed by atoms with Crippen molar-refractivity contribution in [3.63, 3.8) is 0 Å². The Labute approximate surface area is 161 Å². The Hall–Kier alpha value is -3.42. The lowest BCUT2D eigenvalue weighted by Gasteiger charge is -2.09. The first-order valence-electron chi connectivity index (χ1n) is 8.86. The van der Waals surface area contributed by atoms with E-state index in [0.29, 0.717) is 23.7 Å². The van der Waals surface area contributed by atoms with Crippen LogP contribution in [0.1, 0.15) is 29.1 Å². The molecule has 0 aliphatic rings. The molecule has 146 valence electrons. The molecule has 0 aliphatic carbocycles. The van der Waals surface area contributed by atoms with Gasteiger partial charge in [0, 0.05) is 17.8 Å². The maximum Gasteiger partial charge on any atom is 0.345 e. The number of carbonyl (C=O) groups is 1. The number of aryl methyl sites for hydroxylation is 3. The maximum atomic E-state index is 12.5. The Morgan fingerprint density at radius 2 is 1.89 bits per heavy atom. The minimum atomic E-state index is -0.385. The molecule has 1 aromatic carbocycles. The van der Waals surface area contributed by atoms with Gasteiger partial charge in [-0.3, -0.25) is 10.1 Å². The SMILES string of the molecule is COc1ccc(-c2c(C)noc2NC(=O)CCc2c(C)nc(=O)[nH]c2C)cc1. The Morgan fingerprint density at radius 3 is 2.54 bits per heavy atom. The summed E-state index contributed by atoms with van der Waals surface area (Å²) in [6.07, 6.45) is 0.676. The van der Waals surface area contributed by atoms with E-state index in [0.717, 1.165) is 28.1 Å². The smallest absolute Gasteiger partial charge is 0.345 e. The van der Waals surface area contributed by atoms with E-state index in [1.54, 1.807) is 21.0 Å². The minimum absolute atomic E-state index is 0.212. The Kier molecular flexibility index (Phi) is 5.58. The number of rotatable bonds is 6. The standard InChI is InChI=1S/C20H22N4O4/c1-11-16(12(2)22-20(26)21-11)9-10-17(25)23-19-18(13(3)24-28-19)14-5-7-15(27-4)8-6-14/h5-8H,9-10H2,1-4H3,(H,23,25)(H,21,22,26). The highest BCUT2D eigenvalue weighted by Gasteiger charge is 2.18. The van der Waals surface area contributed by atoms with Crippen LogP contribution in [-0.2, 0) is 11.2 Å². The summed E-state index contributed by atoms with van der Waals surface area (Å²) in [7, 11) is 1.60. The number of aromatic nitrogens is 3. The quantitative estimate of drug-likeness (QED) is 0.678. The molecule has 1 amide bonds. The fourth-order valence-electron chi connectivity index (χ4n) is 3.10. The third-order valence-corrected chi connectivity index (χ3v) is 4.55. The third-order valence-electron chi connectivity index (χ3n) is 4.55. The average molecular weight is 382 g/mol. The number of benzene rings is 1. The summed E-state index contributed by atoms with van der Waals surface area (Å²) < 4.78 is 10.5. The first kappa shape index (κ1) is 19.3. The Bertz CT molecular complexity index is 1020. The van der Waals surface area contributed by atoms with Crippen LogP contribution in [0, 0.1) is 20.8 Å².